The van der Waals surface area contributed by atoms with Crippen LogP contribution in [0.5, 0.6) is 11.5 Å². The molecule has 0 aliphatic rings. The summed E-state index contributed by atoms with van der Waals surface area (Å²) >= 11 is 1.64. The highest BCUT2D eigenvalue weighted by Crippen LogP contribution is 2.34. The molecule has 0 saturated carbocycles. The lowest BCUT2D eigenvalue weighted by molar-refractivity contribution is 0.0589. The third-order valence-corrected chi connectivity index (χ3v) is 5.93. The molecule has 0 atom stereocenters. The van der Waals surface area contributed by atoms with Gasteiger partial charge in [0.15, 0.2) is 11.5 Å². The van der Waals surface area contributed by atoms with E-state index in [2.05, 4.69) is 6.07 Å². The SMILES string of the molecule is COC(=O)c1cc2sc(C)cc2n1Cc1nc(-c2ccc(OC)c(OC)c2)oc1C. The minimum Gasteiger partial charge on any atom is -0.493 e. The molecular formula is C22H22N2O5S. The summed E-state index contributed by atoms with van der Waals surface area (Å²) in [7, 11) is 4.56. The highest BCUT2D eigenvalue weighted by molar-refractivity contribution is 7.19. The average molecular weight is 426 g/mol. The monoisotopic (exact) mass is 426 g/mol. The normalized spacial score (nSPS) is 11.1. The summed E-state index contributed by atoms with van der Waals surface area (Å²) in [6.45, 7) is 4.31. The molecule has 3 heterocycles. The lowest BCUT2D eigenvalue weighted by Crippen LogP contribution is -2.12. The lowest BCUT2D eigenvalue weighted by Gasteiger charge is -2.08. The number of benzene rings is 1. The number of methoxy groups -OCH3 is 3. The van der Waals surface area contributed by atoms with E-state index in [0.29, 0.717) is 35.4 Å². The molecule has 156 valence electrons. The van der Waals surface area contributed by atoms with Crippen LogP contribution in [0, 0.1) is 13.8 Å². The number of thiophene rings is 1. The van der Waals surface area contributed by atoms with Crippen molar-refractivity contribution in [2.45, 2.75) is 20.4 Å². The molecule has 0 fully saturated rings. The zero-order valence-corrected chi connectivity index (χ0v) is 18.3. The van der Waals surface area contributed by atoms with E-state index in [9.17, 15) is 4.79 Å². The maximum atomic E-state index is 12.3. The van der Waals surface area contributed by atoms with E-state index in [1.54, 1.807) is 25.6 Å². The second kappa shape index (κ2) is 7.87. The Balaban J connectivity index is 1.74. The van der Waals surface area contributed by atoms with Gasteiger partial charge in [-0.2, -0.15) is 0 Å². The number of aryl methyl sites for hydroxylation is 2. The Morgan fingerprint density at radius 1 is 1.10 bits per heavy atom. The molecule has 0 radical (unpaired) electrons. The number of carbonyl (C=O) groups is 1. The predicted octanol–water partition coefficient (Wildman–Crippen LogP) is 4.83. The first-order chi connectivity index (χ1) is 14.4. The van der Waals surface area contributed by atoms with Crippen LogP contribution in [0.3, 0.4) is 0 Å². The summed E-state index contributed by atoms with van der Waals surface area (Å²) in [5, 5.41) is 0. The fourth-order valence-electron chi connectivity index (χ4n) is 3.43. The molecule has 4 rings (SSSR count). The van der Waals surface area contributed by atoms with Crippen LogP contribution in [0.25, 0.3) is 21.7 Å². The summed E-state index contributed by atoms with van der Waals surface area (Å²) in [4.78, 5) is 18.2. The first-order valence-electron chi connectivity index (χ1n) is 9.31. The fourth-order valence-corrected chi connectivity index (χ4v) is 4.39. The second-order valence-electron chi connectivity index (χ2n) is 6.81. The van der Waals surface area contributed by atoms with Crippen molar-refractivity contribution in [1.82, 2.24) is 9.55 Å². The van der Waals surface area contributed by atoms with E-state index in [4.69, 9.17) is 23.6 Å². The van der Waals surface area contributed by atoms with Gasteiger partial charge in [0, 0.05) is 10.4 Å². The van der Waals surface area contributed by atoms with Crippen molar-refractivity contribution in [1.29, 1.82) is 0 Å². The molecule has 0 spiro atoms. The number of ether oxygens (including phenoxy) is 3. The van der Waals surface area contributed by atoms with Crippen LogP contribution in [-0.4, -0.2) is 36.8 Å². The third-order valence-electron chi connectivity index (χ3n) is 4.94. The van der Waals surface area contributed by atoms with Crippen molar-refractivity contribution in [3.05, 3.63) is 52.4 Å². The summed E-state index contributed by atoms with van der Waals surface area (Å²) in [6.07, 6.45) is 0. The van der Waals surface area contributed by atoms with Crippen molar-refractivity contribution in [2.24, 2.45) is 0 Å². The minimum atomic E-state index is -0.377. The number of fused-ring (bicyclic) bond motifs is 1. The molecule has 4 aromatic rings. The van der Waals surface area contributed by atoms with Crippen LogP contribution >= 0.6 is 11.3 Å². The first-order valence-corrected chi connectivity index (χ1v) is 10.1. The van der Waals surface area contributed by atoms with Crippen molar-refractivity contribution >= 4 is 27.5 Å². The van der Waals surface area contributed by atoms with E-state index >= 15 is 0 Å². The zero-order chi connectivity index (χ0) is 21.4. The lowest BCUT2D eigenvalue weighted by atomic mass is 10.2. The quantitative estimate of drug-likeness (QED) is 0.411. The molecule has 8 heteroatoms. The van der Waals surface area contributed by atoms with Gasteiger partial charge in [-0.3, -0.25) is 0 Å². The summed E-state index contributed by atoms with van der Waals surface area (Å²) < 4.78 is 24.5. The number of rotatable bonds is 6. The Hall–Kier alpha value is -3.26. The average Bonchev–Trinajstić information content (AvgIpc) is 3.40. The predicted molar refractivity (Wildman–Crippen MR) is 115 cm³/mol. The number of hydrogen-bond donors (Lipinski definition) is 0. The van der Waals surface area contributed by atoms with Crippen molar-refractivity contribution in [3.63, 3.8) is 0 Å². The van der Waals surface area contributed by atoms with Gasteiger partial charge in [0.1, 0.15) is 17.1 Å². The third kappa shape index (κ3) is 3.43. The topological polar surface area (TPSA) is 75.7 Å². The van der Waals surface area contributed by atoms with E-state index in [-0.39, 0.29) is 5.97 Å². The van der Waals surface area contributed by atoms with Gasteiger partial charge in [0.05, 0.1) is 38.1 Å². The molecule has 3 aromatic heterocycles. The standard InChI is InChI=1S/C22H22N2O5S/c1-12-8-16-20(30-12)10-17(22(25)28-5)24(16)11-15-13(2)29-21(23-15)14-6-7-18(26-3)19(9-14)27-4/h6-10H,11H2,1-5H3. The maximum absolute atomic E-state index is 12.3. The molecule has 0 amide bonds. The van der Waals surface area contributed by atoms with Gasteiger partial charge in [-0.15, -0.1) is 11.3 Å². The number of nitrogens with zero attached hydrogens (tertiary/aromatic N) is 2. The molecule has 0 aliphatic heterocycles. The number of oxazole rings is 1. The van der Waals surface area contributed by atoms with Crippen LogP contribution in [0.15, 0.2) is 34.7 Å². The van der Waals surface area contributed by atoms with Gasteiger partial charge < -0.3 is 23.2 Å². The van der Waals surface area contributed by atoms with E-state index in [0.717, 1.165) is 21.5 Å². The zero-order valence-electron chi connectivity index (χ0n) is 17.4. The number of hydrogen-bond acceptors (Lipinski definition) is 7. The van der Waals surface area contributed by atoms with Crippen molar-refractivity contribution < 1.29 is 23.4 Å². The number of aromatic nitrogens is 2. The van der Waals surface area contributed by atoms with E-state index in [1.165, 1.54) is 12.0 Å². The molecule has 0 saturated heterocycles. The molecule has 0 unspecified atom stereocenters. The Labute approximate surface area is 177 Å². The first kappa shape index (κ1) is 20.0. The fraction of sp³-hybridized carbons (Fsp3) is 0.273. The van der Waals surface area contributed by atoms with Crippen LogP contribution in [0.4, 0.5) is 0 Å². The molecule has 0 N–H and O–H groups in total. The Morgan fingerprint density at radius 3 is 2.57 bits per heavy atom. The van der Waals surface area contributed by atoms with Gasteiger partial charge in [0.2, 0.25) is 5.89 Å². The number of carbonyl (C=O) groups excluding carboxylic acids is 1. The Kier molecular flexibility index (Phi) is 5.26. The smallest absolute Gasteiger partial charge is 0.354 e. The number of esters is 1. The molecule has 7 nitrogen and oxygen atoms in total. The summed E-state index contributed by atoms with van der Waals surface area (Å²) in [5.74, 6) is 2.02. The van der Waals surface area contributed by atoms with Crippen LogP contribution in [0.1, 0.15) is 26.8 Å². The molecule has 0 aliphatic carbocycles. The summed E-state index contributed by atoms with van der Waals surface area (Å²) in [6, 6.07) is 9.43. The second-order valence-corrected chi connectivity index (χ2v) is 8.09. The minimum absolute atomic E-state index is 0.377. The van der Waals surface area contributed by atoms with Gasteiger partial charge in [-0.25, -0.2) is 9.78 Å². The largest absolute Gasteiger partial charge is 0.493 e. The van der Waals surface area contributed by atoms with E-state index in [1.807, 2.05) is 42.7 Å². The highest BCUT2D eigenvalue weighted by atomic mass is 32.1. The van der Waals surface area contributed by atoms with Gasteiger partial charge in [0.25, 0.3) is 0 Å². The van der Waals surface area contributed by atoms with Crippen LogP contribution in [-0.2, 0) is 11.3 Å². The molecule has 0 bridgehead atoms. The van der Waals surface area contributed by atoms with Gasteiger partial charge >= 0.3 is 5.97 Å². The molecule has 1 aromatic carbocycles. The molecule has 30 heavy (non-hydrogen) atoms. The van der Waals surface area contributed by atoms with Crippen molar-refractivity contribution in [3.8, 4) is 23.0 Å². The maximum Gasteiger partial charge on any atom is 0.354 e. The summed E-state index contributed by atoms with van der Waals surface area (Å²) in [5.41, 5.74) is 2.99. The van der Waals surface area contributed by atoms with Crippen molar-refractivity contribution in [2.75, 3.05) is 21.3 Å². The molecular weight excluding hydrogens is 404 g/mol. The Bertz CT molecular complexity index is 1230. The van der Waals surface area contributed by atoms with E-state index < -0.39 is 0 Å². The van der Waals surface area contributed by atoms with Gasteiger partial charge in [-0.05, 0) is 44.2 Å². The highest BCUT2D eigenvalue weighted by Gasteiger charge is 2.21. The van der Waals surface area contributed by atoms with Crippen LogP contribution < -0.4 is 9.47 Å². The Morgan fingerprint density at radius 2 is 1.87 bits per heavy atom. The van der Waals surface area contributed by atoms with Crippen LogP contribution in [0.2, 0.25) is 0 Å². The van der Waals surface area contributed by atoms with Gasteiger partial charge in [-0.1, -0.05) is 0 Å².